The van der Waals surface area contributed by atoms with E-state index in [9.17, 15) is 26.8 Å². The maximum atomic E-state index is 13.8. The number of hydrogen-bond donors (Lipinski definition) is 2. The largest absolute Gasteiger partial charge is 0.338 e. The van der Waals surface area contributed by atoms with Gasteiger partial charge in [-0.05, 0) is 24.1 Å². The smallest absolute Gasteiger partial charge is 0.321 e. The number of urea groups is 1. The summed E-state index contributed by atoms with van der Waals surface area (Å²) in [5.41, 5.74) is 0. The van der Waals surface area contributed by atoms with Crippen molar-refractivity contribution in [2.24, 2.45) is 5.92 Å². The minimum Gasteiger partial charge on any atom is -0.338 e. The number of amides is 3. The van der Waals surface area contributed by atoms with Crippen molar-refractivity contribution in [3.63, 3.8) is 0 Å². The van der Waals surface area contributed by atoms with Crippen molar-refractivity contribution in [1.29, 1.82) is 0 Å². The molecule has 1 aliphatic heterocycles. The van der Waals surface area contributed by atoms with Gasteiger partial charge in [-0.3, -0.25) is 15.0 Å². The van der Waals surface area contributed by atoms with Crippen molar-refractivity contribution in [3.8, 4) is 0 Å². The molecule has 0 bridgehead atoms. The van der Waals surface area contributed by atoms with E-state index in [0.717, 1.165) is 16.4 Å². The fraction of sp³-hybridized carbons (Fsp3) is 0.529. The highest BCUT2D eigenvalue weighted by Crippen LogP contribution is 2.21. The van der Waals surface area contributed by atoms with Gasteiger partial charge in [0.15, 0.2) is 0 Å². The third kappa shape index (κ3) is 5.94. The maximum absolute atomic E-state index is 13.8. The molecule has 2 rings (SSSR count). The van der Waals surface area contributed by atoms with E-state index in [4.69, 9.17) is 0 Å². The second kappa shape index (κ2) is 9.39. The van der Waals surface area contributed by atoms with Crippen LogP contribution in [0.3, 0.4) is 0 Å². The number of piperazine rings is 1. The van der Waals surface area contributed by atoms with E-state index < -0.39 is 38.5 Å². The molecule has 0 unspecified atom stereocenters. The number of sulfonamides is 1. The molecule has 0 radical (unpaired) electrons. The van der Waals surface area contributed by atoms with Crippen LogP contribution in [0.1, 0.15) is 13.8 Å². The Hall–Kier alpha value is -2.11. The Labute approximate surface area is 162 Å². The van der Waals surface area contributed by atoms with Gasteiger partial charge in [0, 0.05) is 32.7 Å². The van der Waals surface area contributed by atoms with Crippen LogP contribution < -0.4 is 10.6 Å². The number of carbonyl (C=O) groups is 2. The summed E-state index contributed by atoms with van der Waals surface area (Å²) in [4.78, 5) is 24.5. The Morgan fingerprint density at radius 2 is 1.79 bits per heavy atom. The second-order valence-electron chi connectivity index (χ2n) is 6.91. The summed E-state index contributed by atoms with van der Waals surface area (Å²) >= 11 is 0. The summed E-state index contributed by atoms with van der Waals surface area (Å²) in [6.45, 7) is 4.69. The molecule has 1 aromatic carbocycles. The molecule has 1 fully saturated rings. The lowest BCUT2D eigenvalue weighted by Crippen LogP contribution is -2.52. The number of imide groups is 1. The van der Waals surface area contributed by atoms with Crippen molar-refractivity contribution in [2.75, 3.05) is 39.3 Å². The summed E-state index contributed by atoms with van der Waals surface area (Å²) in [5.74, 6) is -2.12. The monoisotopic (exact) mass is 418 g/mol. The maximum Gasteiger partial charge on any atom is 0.321 e. The highest BCUT2D eigenvalue weighted by Gasteiger charge is 2.31. The Balaban J connectivity index is 1.87. The first-order valence-electron chi connectivity index (χ1n) is 8.85. The highest BCUT2D eigenvalue weighted by molar-refractivity contribution is 7.89. The summed E-state index contributed by atoms with van der Waals surface area (Å²) in [7, 11) is -4.17. The highest BCUT2D eigenvalue weighted by atomic mass is 32.2. The van der Waals surface area contributed by atoms with E-state index in [1.807, 2.05) is 13.8 Å². The number of nitrogens with one attached hydrogen (secondary N) is 2. The van der Waals surface area contributed by atoms with Crippen LogP contribution >= 0.6 is 0 Å². The van der Waals surface area contributed by atoms with Gasteiger partial charge in [-0.25, -0.2) is 22.0 Å². The van der Waals surface area contributed by atoms with Crippen molar-refractivity contribution < 1.29 is 26.8 Å². The number of nitrogens with zero attached hydrogens (tertiary/aromatic N) is 2. The topological polar surface area (TPSA) is 98.8 Å². The molecule has 1 aromatic rings. The van der Waals surface area contributed by atoms with Gasteiger partial charge in [0.2, 0.25) is 15.9 Å². The molecule has 2 N–H and O–H groups in total. The molecule has 1 aliphatic rings. The fourth-order valence-electron chi connectivity index (χ4n) is 2.65. The lowest BCUT2D eigenvalue weighted by atomic mass is 10.2. The zero-order valence-electron chi connectivity index (χ0n) is 15.7. The molecule has 0 saturated carbocycles. The molecule has 0 spiro atoms. The third-order valence-electron chi connectivity index (χ3n) is 4.13. The second-order valence-corrected chi connectivity index (χ2v) is 8.81. The van der Waals surface area contributed by atoms with Crippen LogP contribution in [0.4, 0.5) is 13.6 Å². The van der Waals surface area contributed by atoms with Crippen molar-refractivity contribution >= 4 is 22.0 Å². The number of hydrogen-bond acceptors (Lipinski definition) is 5. The minimum absolute atomic E-state index is 0.0190. The molecule has 28 heavy (non-hydrogen) atoms. The van der Waals surface area contributed by atoms with Crippen molar-refractivity contribution in [2.45, 2.75) is 18.7 Å². The summed E-state index contributed by atoms with van der Waals surface area (Å²) in [6, 6.07) is 1.69. The lowest BCUT2D eigenvalue weighted by Gasteiger charge is -2.33. The molecular weight excluding hydrogens is 394 g/mol. The molecule has 1 saturated heterocycles. The van der Waals surface area contributed by atoms with E-state index in [0.29, 0.717) is 12.6 Å². The molecular formula is C17H24F2N4O4S. The average Bonchev–Trinajstić information content (AvgIpc) is 2.62. The van der Waals surface area contributed by atoms with Gasteiger partial charge in [0.1, 0.15) is 16.5 Å². The zero-order valence-corrected chi connectivity index (χ0v) is 16.6. The first-order chi connectivity index (χ1) is 13.1. The minimum atomic E-state index is -4.17. The Morgan fingerprint density at radius 3 is 2.39 bits per heavy atom. The van der Waals surface area contributed by atoms with Gasteiger partial charge in [-0.15, -0.1) is 0 Å². The van der Waals surface area contributed by atoms with Gasteiger partial charge in [-0.1, -0.05) is 13.8 Å². The van der Waals surface area contributed by atoms with Gasteiger partial charge in [0.25, 0.3) is 0 Å². The van der Waals surface area contributed by atoms with Gasteiger partial charge >= 0.3 is 6.03 Å². The van der Waals surface area contributed by atoms with Gasteiger partial charge < -0.3 is 5.32 Å². The predicted molar refractivity (Wildman–Crippen MR) is 97.9 cm³/mol. The summed E-state index contributed by atoms with van der Waals surface area (Å²) in [6.07, 6.45) is 0. The van der Waals surface area contributed by atoms with E-state index in [-0.39, 0.29) is 38.6 Å². The number of halogens is 2. The summed E-state index contributed by atoms with van der Waals surface area (Å²) < 4.78 is 53.3. The van der Waals surface area contributed by atoms with Crippen LogP contribution in [0.2, 0.25) is 0 Å². The molecule has 1 heterocycles. The standard InChI is InChI=1S/C17H24F2N4O4S/c1-12(2)10-20-17(25)21-16(24)11-22-5-7-23(8-6-22)28(26,27)15-9-13(18)3-4-14(15)19/h3-4,9,12H,5-8,10-11H2,1-2H3,(H2,20,21,24,25). The number of rotatable bonds is 6. The average molecular weight is 418 g/mol. The number of benzene rings is 1. The molecule has 156 valence electrons. The Bertz CT molecular complexity index is 824. The van der Waals surface area contributed by atoms with E-state index in [1.54, 1.807) is 4.90 Å². The van der Waals surface area contributed by atoms with E-state index in [2.05, 4.69) is 10.6 Å². The van der Waals surface area contributed by atoms with Crippen molar-refractivity contribution in [1.82, 2.24) is 19.8 Å². The Morgan fingerprint density at radius 1 is 1.14 bits per heavy atom. The molecule has 0 atom stereocenters. The van der Waals surface area contributed by atoms with Gasteiger partial charge in [-0.2, -0.15) is 4.31 Å². The molecule has 0 aliphatic carbocycles. The van der Waals surface area contributed by atoms with Crippen LogP contribution in [0.15, 0.2) is 23.1 Å². The third-order valence-corrected chi connectivity index (χ3v) is 6.05. The van der Waals surface area contributed by atoms with Crippen LogP contribution in [0, 0.1) is 17.6 Å². The quantitative estimate of drug-likeness (QED) is 0.711. The first kappa shape index (κ1) is 22.2. The molecule has 3 amide bonds. The van der Waals surface area contributed by atoms with Crippen LogP contribution in [0.25, 0.3) is 0 Å². The molecule has 11 heteroatoms. The van der Waals surface area contributed by atoms with Crippen molar-refractivity contribution in [3.05, 3.63) is 29.8 Å². The predicted octanol–water partition coefficient (Wildman–Crippen LogP) is 0.753. The van der Waals surface area contributed by atoms with Crippen LogP contribution in [-0.2, 0) is 14.8 Å². The van der Waals surface area contributed by atoms with Crippen LogP contribution in [0.5, 0.6) is 0 Å². The summed E-state index contributed by atoms with van der Waals surface area (Å²) in [5, 5.41) is 4.77. The van der Waals surface area contributed by atoms with E-state index >= 15 is 0 Å². The van der Waals surface area contributed by atoms with Crippen LogP contribution in [-0.4, -0.2) is 68.8 Å². The SMILES string of the molecule is CC(C)CNC(=O)NC(=O)CN1CCN(S(=O)(=O)c2cc(F)ccc2F)CC1. The Kier molecular flexibility index (Phi) is 7.44. The fourth-order valence-corrected chi connectivity index (χ4v) is 4.15. The molecule has 8 nitrogen and oxygen atoms in total. The zero-order chi connectivity index (χ0) is 20.9. The first-order valence-corrected chi connectivity index (χ1v) is 10.3. The van der Waals surface area contributed by atoms with E-state index in [1.165, 1.54) is 0 Å². The van der Waals surface area contributed by atoms with Gasteiger partial charge in [0.05, 0.1) is 6.54 Å². The number of carbonyl (C=O) groups excluding carboxylic acids is 2. The normalized spacial score (nSPS) is 16.2. The lowest BCUT2D eigenvalue weighted by molar-refractivity contribution is -0.121. The molecule has 0 aromatic heterocycles.